The first-order valence-electron chi connectivity index (χ1n) is 6.57. The molecule has 0 amide bonds. The van der Waals surface area contributed by atoms with Crippen LogP contribution in [0.25, 0.3) is 0 Å². The summed E-state index contributed by atoms with van der Waals surface area (Å²) in [5, 5.41) is 18.3. The van der Waals surface area contributed by atoms with Gasteiger partial charge in [0.1, 0.15) is 5.69 Å². The highest BCUT2D eigenvalue weighted by Gasteiger charge is 2.24. The standard InChI is InChI=1S/C12H22N4O2/c1-4-6-7-8-9-13-12-11(16(17)18)10(3)14-15(12)5-2/h13H,4-9H2,1-3H3. The van der Waals surface area contributed by atoms with Crippen molar-refractivity contribution in [2.45, 2.75) is 53.0 Å². The van der Waals surface area contributed by atoms with Crippen LogP contribution in [0.5, 0.6) is 0 Å². The van der Waals surface area contributed by atoms with Crippen LogP contribution in [0, 0.1) is 17.0 Å². The van der Waals surface area contributed by atoms with Gasteiger partial charge in [0.05, 0.1) is 4.92 Å². The van der Waals surface area contributed by atoms with E-state index in [2.05, 4.69) is 17.3 Å². The van der Waals surface area contributed by atoms with Crippen LogP contribution in [0.3, 0.4) is 0 Å². The molecule has 102 valence electrons. The van der Waals surface area contributed by atoms with Gasteiger partial charge < -0.3 is 5.32 Å². The van der Waals surface area contributed by atoms with Gasteiger partial charge in [0.2, 0.25) is 5.82 Å². The summed E-state index contributed by atoms with van der Waals surface area (Å²) in [7, 11) is 0. The van der Waals surface area contributed by atoms with Crippen LogP contribution in [0.15, 0.2) is 0 Å². The molecule has 1 aromatic heterocycles. The van der Waals surface area contributed by atoms with E-state index >= 15 is 0 Å². The maximum Gasteiger partial charge on any atom is 0.333 e. The van der Waals surface area contributed by atoms with Crippen molar-refractivity contribution in [3.8, 4) is 0 Å². The van der Waals surface area contributed by atoms with Gasteiger partial charge in [-0.25, -0.2) is 4.68 Å². The molecule has 0 aromatic carbocycles. The number of nitro groups is 1. The molecule has 1 rings (SSSR count). The van der Waals surface area contributed by atoms with E-state index in [0.717, 1.165) is 19.4 Å². The Morgan fingerprint density at radius 3 is 2.61 bits per heavy atom. The molecule has 18 heavy (non-hydrogen) atoms. The third kappa shape index (κ3) is 3.45. The summed E-state index contributed by atoms with van der Waals surface area (Å²) in [6.45, 7) is 7.15. The van der Waals surface area contributed by atoms with Crippen molar-refractivity contribution in [2.75, 3.05) is 11.9 Å². The maximum absolute atomic E-state index is 11.0. The molecule has 0 fully saturated rings. The average molecular weight is 254 g/mol. The number of unbranched alkanes of at least 4 members (excludes halogenated alkanes) is 3. The lowest BCUT2D eigenvalue weighted by molar-refractivity contribution is -0.384. The number of rotatable bonds is 8. The third-order valence-electron chi connectivity index (χ3n) is 2.90. The minimum Gasteiger partial charge on any atom is -0.365 e. The Labute approximate surface area is 108 Å². The fraction of sp³-hybridized carbons (Fsp3) is 0.750. The van der Waals surface area contributed by atoms with E-state index in [0.29, 0.717) is 18.1 Å². The molecule has 0 radical (unpaired) electrons. The van der Waals surface area contributed by atoms with Gasteiger partial charge in [0.25, 0.3) is 0 Å². The first kappa shape index (κ1) is 14.5. The van der Waals surface area contributed by atoms with Crippen LogP contribution in [-0.2, 0) is 6.54 Å². The Kier molecular flexibility index (Phi) is 5.61. The summed E-state index contributed by atoms with van der Waals surface area (Å²) in [5.41, 5.74) is 0.574. The number of anilines is 1. The topological polar surface area (TPSA) is 73.0 Å². The van der Waals surface area contributed by atoms with Crippen molar-refractivity contribution in [1.29, 1.82) is 0 Å². The minimum absolute atomic E-state index is 0.104. The largest absolute Gasteiger partial charge is 0.365 e. The SMILES string of the molecule is CCCCCCNc1c([N+](=O)[O-])c(C)nn1CC. The van der Waals surface area contributed by atoms with E-state index in [1.54, 1.807) is 11.6 Å². The Balaban J connectivity index is 2.70. The van der Waals surface area contributed by atoms with E-state index in [-0.39, 0.29) is 10.6 Å². The molecule has 0 aliphatic rings. The molecule has 0 spiro atoms. The second-order valence-electron chi connectivity index (χ2n) is 4.34. The number of hydrogen-bond donors (Lipinski definition) is 1. The normalized spacial score (nSPS) is 10.6. The molecule has 0 aliphatic carbocycles. The summed E-state index contributed by atoms with van der Waals surface area (Å²) in [6.07, 6.45) is 4.57. The van der Waals surface area contributed by atoms with Crippen molar-refractivity contribution in [2.24, 2.45) is 0 Å². The molecule has 0 saturated heterocycles. The van der Waals surface area contributed by atoms with E-state index in [9.17, 15) is 10.1 Å². The molecule has 6 heteroatoms. The summed E-state index contributed by atoms with van der Waals surface area (Å²) >= 11 is 0. The minimum atomic E-state index is -0.358. The lowest BCUT2D eigenvalue weighted by Gasteiger charge is -2.07. The third-order valence-corrected chi connectivity index (χ3v) is 2.90. The molecule has 1 N–H and O–H groups in total. The van der Waals surface area contributed by atoms with Crippen molar-refractivity contribution in [3.63, 3.8) is 0 Å². The quantitative estimate of drug-likeness (QED) is 0.439. The Morgan fingerprint density at radius 1 is 1.33 bits per heavy atom. The zero-order chi connectivity index (χ0) is 13.5. The molecule has 0 unspecified atom stereocenters. The first-order valence-corrected chi connectivity index (χ1v) is 6.57. The maximum atomic E-state index is 11.0. The van der Waals surface area contributed by atoms with E-state index in [4.69, 9.17) is 0 Å². The number of nitrogens with zero attached hydrogens (tertiary/aromatic N) is 3. The van der Waals surface area contributed by atoms with Gasteiger partial charge in [0.15, 0.2) is 0 Å². The van der Waals surface area contributed by atoms with Crippen molar-refractivity contribution in [1.82, 2.24) is 9.78 Å². The van der Waals surface area contributed by atoms with E-state index < -0.39 is 0 Å². The number of nitrogens with one attached hydrogen (secondary N) is 1. The van der Waals surface area contributed by atoms with Gasteiger partial charge in [-0.15, -0.1) is 0 Å². The molecule has 0 atom stereocenters. The summed E-state index contributed by atoms with van der Waals surface area (Å²) < 4.78 is 1.66. The van der Waals surface area contributed by atoms with Crippen molar-refractivity contribution < 1.29 is 4.92 Å². The summed E-state index contributed by atoms with van der Waals surface area (Å²) in [5.74, 6) is 0.538. The van der Waals surface area contributed by atoms with Crippen LogP contribution >= 0.6 is 0 Å². The van der Waals surface area contributed by atoms with Crippen LogP contribution in [0.4, 0.5) is 11.5 Å². The highest BCUT2D eigenvalue weighted by Crippen LogP contribution is 2.28. The number of aryl methyl sites for hydroxylation is 2. The summed E-state index contributed by atoms with van der Waals surface area (Å²) in [6, 6.07) is 0. The van der Waals surface area contributed by atoms with Crippen molar-refractivity contribution in [3.05, 3.63) is 15.8 Å². The van der Waals surface area contributed by atoms with Gasteiger partial charge in [-0.1, -0.05) is 26.2 Å². The van der Waals surface area contributed by atoms with Crippen LogP contribution in [0.2, 0.25) is 0 Å². The second kappa shape index (κ2) is 6.98. The molecular formula is C12H22N4O2. The lowest BCUT2D eigenvalue weighted by Crippen LogP contribution is -2.09. The zero-order valence-corrected chi connectivity index (χ0v) is 11.4. The number of aromatic nitrogens is 2. The molecule has 1 aromatic rings. The smallest absolute Gasteiger partial charge is 0.333 e. The zero-order valence-electron chi connectivity index (χ0n) is 11.4. The van der Waals surface area contributed by atoms with Crippen LogP contribution in [0.1, 0.15) is 45.2 Å². The summed E-state index contributed by atoms with van der Waals surface area (Å²) in [4.78, 5) is 10.7. The molecule has 1 heterocycles. The first-order chi connectivity index (χ1) is 8.61. The predicted octanol–water partition coefficient (Wildman–Crippen LogP) is 3.11. The Hall–Kier alpha value is -1.59. The van der Waals surface area contributed by atoms with Gasteiger partial charge in [-0.05, 0) is 20.3 Å². The highest BCUT2D eigenvalue weighted by atomic mass is 16.6. The molecule has 0 bridgehead atoms. The van der Waals surface area contributed by atoms with Gasteiger partial charge in [0, 0.05) is 13.1 Å². The predicted molar refractivity (Wildman–Crippen MR) is 71.9 cm³/mol. The molecule has 6 nitrogen and oxygen atoms in total. The fourth-order valence-corrected chi connectivity index (χ4v) is 1.95. The second-order valence-corrected chi connectivity index (χ2v) is 4.34. The van der Waals surface area contributed by atoms with Gasteiger partial charge >= 0.3 is 5.69 Å². The van der Waals surface area contributed by atoms with Gasteiger partial charge in [-0.3, -0.25) is 10.1 Å². The van der Waals surface area contributed by atoms with E-state index in [1.807, 2.05) is 6.92 Å². The highest BCUT2D eigenvalue weighted by molar-refractivity contribution is 5.59. The van der Waals surface area contributed by atoms with E-state index in [1.165, 1.54) is 12.8 Å². The van der Waals surface area contributed by atoms with Crippen LogP contribution < -0.4 is 5.32 Å². The lowest BCUT2D eigenvalue weighted by atomic mass is 10.2. The monoisotopic (exact) mass is 254 g/mol. The molecule has 0 aliphatic heterocycles. The van der Waals surface area contributed by atoms with Gasteiger partial charge in [-0.2, -0.15) is 5.10 Å². The molecular weight excluding hydrogens is 232 g/mol. The fourth-order valence-electron chi connectivity index (χ4n) is 1.95. The molecule has 0 saturated carbocycles. The number of hydrogen-bond acceptors (Lipinski definition) is 4. The van der Waals surface area contributed by atoms with Crippen LogP contribution in [-0.4, -0.2) is 21.2 Å². The Morgan fingerprint density at radius 2 is 2.06 bits per heavy atom. The average Bonchev–Trinajstić information content (AvgIpc) is 2.65. The van der Waals surface area contributed by atoms with Crippen molar-refractivity contribution >= 4 is 11.5 Å². The Bertz CT molecular complexity index is 401.